The predicted octanol–water partition coefficient (Wildman–Crippen LogP) is 7.33. The van der Waals surface area contributed by atoms with E-state index in [4.69, 9.17) is 0 Å². The molecule has 206 valence electrons. The van der Waals surface area contributed by atoms with Gasteiger partial charge in [0, 0.05) is 6.04 Å². The zero-order chi connectivity index (χ0) is 28.4. The van der Waals surface area contributed by atoms with Gasteiger partial charge in [0.05, 0.1) is 5.41 Å². The third-order valence-corrected chi connectivity index (χ3v) is 11.4. The van der Waals surface area contributed by atoms with Gasteiger partial charge in [-0.25, -0.2) is 0 Å². The van der Waals surface area contributed by atoms with Crippen LogP contribution in [0.4, 0.5) is 0 Å². The van der Waals surface area contributed by atoms with E-state index in [2.05, 4.69) is 132 Å². The Morgan fingerprint density at radius 1 is 0.675 bits per heavy atom. The van der Waals surface area contributed by atoms with Crippen LogP contribution in [-0.2, 0) is 17.6 Å². The maximum atomic E-state index is 14.2. The minimum absolute atomic E-state index is 0.135. The number of hydrogen-bond donors (Lipinski definition) is 1. The SMILES string of the molecule is Cc1cc(C)c(CC2(Cc3c(C)cc(C)cc3C)C[C@@H](CP(c3ccccc3)c3ccccc3)NC2=O)c(C)c1. The predicted molar refractivity (Wildman–Crippen MR) is 172 cm³/mol. The molecule has 1 atom stereocenters. The summed E-state index contributed by atoms with van der Waals surface area (Å²) in [7, 11) is -0.589. The highest BCUT2D eigenvalue weighted by Gasteiger charge is 2.48. The summed E-state index contributed by atoms with van der Waals surface area (Å²) in [6.07, 6.45) is 3.35. The number of aryl methyl sites for hydroxylation is 6. The molecule has 4 aromatic carbocycles. The second kappa shape index (κ2) is 11.7. The van der Waals surface area contributed by atoms with Crippen LogP contribution >= 0.6 is 7.92 Å². The largest absolute Gasteiger partial charge is 0.352 e. The van der Waals surface area contributed by atoms with E-state index in [0.717, 1.165) is 25.4 Å². The first-order valence-electron chi connectivity index (χ1n) is 14.5. The molecule has 0 radical (unpaired) electrons. The van der Waals surface area contributed by atoms with Crippen molar-refractivity contribution in [1.29, 1.82) is 0 Å². The van der Waals surface area contributed by atoms with Crippen LogP contribution in [0.15, 0.2) is 84.9 Å². The van der Waals surface area contributed by atoms with Gasteiger partial charge in [-0.15, -0.1) is 0 Å². The smallest absolute Gasteiger partial charge is 0.227 e. The minimum Gasteiger partial charge on any atom is -0.352 e. The Hall–Kier alpha value is -3.22. The number of amides is 1. The second-order valence-corrected chi connectivity index (χ2v) is 14.3. The van der Waals surface area contributed by atoms with Crippen LogP contribution in [0.5, 0.6) is 0 Å². The summed E-state index contributed by atoms with van der Waals surface area (Å²) in [6.45, 7) is 13.2. The van der Waals surface area contributed by atoms with Gasteiger partial charge in [0.1, 0.15) is 0 Å². The highest BCUT2D eigenvalue weighted by molar-refractivity contribution is 7.73. The summed E-state index contributed by atoms with van der Waals surface area (Å²) in [5.41, 5.74) is 9.92. The number of nitrogens with one attached hydrogen (secondary N) is 1. The molecule has 1 N–H and O–H groups in total. The van der Waals surface area contributed by atoms with Crippen molar-refractivity contribution in [2.24, 2.45) is 5.41 Å². The Morgan fingerprint density at radius 2 is 1.07 bits per heavy atom. The van der Waals surface area contributed by atoms with Crippen LogP contribution < -0.4 is 15.9 Å². The van der Waals surface area contributed by atoms with Crippen molar-refractivity contribution in [1.82, 2.24) is 5.32 Å². The standard InChI is InChI=1S/C37H42NOP/c1-25-17-27(3)34(28(4)18-25)22-37(23-35-29(5)19-26(2)20-30(35)6)21-31(38-36(37)39)24-40(32-13-9-7-10-14-32)33-15-11-8-12-16-33/h7-20,31H,21-24H2,1-6H3,(H,38,39)/t31-/m0/s1. The van der Waals surface area contributed by atoms with E-state index in [1.165, 1.54) is 55.1 Å². The molecular formula is C37H42NOP. The Labute approximate surface area is 242 Å². The maximum Gasteiger partial charge on any atom is 0.227 e. The van der Waals surface area contributed by atoms with Crippen LogP contribution in [0.3, 0.4) is 0 Å². The molecule has 40 heavy (non-hydrogen) atoms. The lowest BCUT2D eigenvalue weighted by Crippen LogP contribution is -2.37. The highest BCUT2D eigenvalue weighted by atomic mass is 31.1. The minimum atomic E-state index is -0.589. The topological polar surface area (TPSA) is 29.1 Å². The third-order valence-electron chi connectivity index (χ3n) is 8.70. The molecule has 2 nitrogen and oxygen atoms in total. The van der Waals surface area contributed by atoms with Gasteiger partial charge in [-0.2, -0.15) is 0 Å². The van der Waals surface area contributed by atoms with E-state index in [1.807, 2.05) is 0 Å². The van der Waals surface area contributed by atoms with Gasteiger partial charge in [-0.3, -0.25) is 4.79 Å². The molecule has 1 amide bonds. The van der Waals surface area contributed by atoms with Crippen LogP contribution in [0.1, 0.15) is 50.9 Å². The number of benzene rings is 4. The van der Waals surface area contributed by atoms with Gasteiger partial charge in [0.25, 0.3) is 0 Å². The lowest BCUT2D eigenvalue weighted by molar-refractivity contribution is -0.127. The van der Waals surface area contributed by atoms with Gasteiger partial charge >= 0.3 is 0 Å². The Kier molecular flexibility index (Phi) is 8.29. The average Bonchev–Trinajstić information content (AvgIpc) is 3.22. The van der Waals surface area contributed by atoms with E-state index in [9.17, 15) is 4.79 Å². The van der Waals surface area contributed by atoms with Crippen LogP contribution in [0.2, 0.25) is 0 Å². The summed E-state index contributed by atoms with van der Waals surface area (Å²) in [5.74, 6) is 0.215. The number of carbonyl (C=O) groups excluding carboxylic acids is 1. The molecule has 1 fully saturated rings. The molecule has 0 saturated carbocycles. The van der Waals surface area contributed by atoms with Crippen LogP contribution in [0.25, 0.3) is 0 Å². The first kappa shape index (κ1) is 28.3. The zero-order valence-corrected chi connectivity index (χ0v) is 25.7. The third kappa shape index (κ3) is 5.93. The summed E-state index contributed by atoms with van der Waals surface area (Å²) in [5, 5.41) is 6.27. The molecule has 1 saturated heterocycles. The van der Waals surface area contributed by atoms with Crippen molar-refractivity contribution in [3.8, 4) is 0 Å². The van der Waals surface area contributed by atoms with E-state index in [0.29, 0.717) is 0 Å². The Bertz CT molecular complexity index is 1360. The lowest BCUT2D eigenvalue weighted by Gasteiger charge is -2.30. The van der Waals surface area contributed by atoms with Crippen molar-refractivity contribution in [3.63, 3.8) is 0 Å². The molecule has 1 heterocycles. The maximum absolute atomic E-state index is 14.2. The zero-order valence-electron chi connectivity index (χ0n) is 24.8. The van der Waals surface area contributed by atoms with Gasteiger partial charge in [-0.05, 0) is 119 Å². The first-order valence-corrected chi connectivity index (χ1v) is 16.0. The van der Waals surface area contributed by atoms with Gasteiger partial charge in [-0.1, -0.05) is 96.1 Å². The average molecular weight is 548 g/mol. The van der Waals surface area contributed by atoms with Crippen LogP contribution in [0, 0.1) is 47.0 Å². The quantitative estimate of drug-likeness (QED) is 0.230. The van der Waals surface area contributed by atoms with Crippen molar-refractivity contribution in [2.75, 3.05) is 6.16 Å². The van der Waals surface area contributed by atoms with Crippen molar-refractivity contribution in [2.45, 2.75) is 66.8 Å². The summed E-state index contributed by atoms with van der Waals surface area (Å²) in [4.78, 5) is 14.2. The summed E-state index contributed by atoms with van der Waals surface area (Å²) < 4.78 is 0. The van der Waals surface area contributed by atoms with E-state index in [-0.39, 0.29) is 11.9 Å². The molecule has 0 aliphatic carbocycles. The van der Waals surface area contributed by atoms with Crippen molar-refractivity contribution in [3.05, 3.63) is 129 Å². The fourth-order valence-corrected chi connectivity index (χ4v) is 9.33. The van der Waals surface area contributed by atoms with Crippen molar-refractivity contribution >= 4 is 24.4 Å². The first-order chi connectivity index (χ1) is 19.1. The summed E-state index contributed by atoms with van der Waals surface area (Å²) in [6, 6.07) is 30.9. The van der Waals surface area contributed by atoms with Gasteiger partial charge < -0.3 is 5.32 Å². The second-order valence-electron chi connectivity index (χ2n) is 12.0. The summed E-state index contributed by atoms with van der Waals surface area (Å²) >= 11 is 0. The Balaban J connectivity index is 1.53. The molecule has 1 aliphatic heterocycles. The number of carbonyl (C=O) groups is 1. The fourth-order valence-electron chi connectivity index (χ4n) is 6.88. The molecular weight excluding hydrogens is 505 g/mol. The lowest BCUT2D eigenvalue weighted by atomic mass is 9.71. The van der Waals surface area contributed by atoms with E-state index >= 15 is 0 Å². The van der Waals surface area contributed by atoms with E-state index < -0.39 is 13.3 Å². The number of hydrogen-bond acceptors (Lipinski definition) is 1. The molecule has 1 aliphatic rings. The molecule has 0 bridgehead atoms. The van der Waals surface area contributed by atoms with E-state index in [1.54, 1.807) is 0 Å². The van der Waals surface area contributed by atoms with Crippen molar-refractivity contribution < 1.29 is 4.79 Å². The number of rotatable bonds is 8. The molecule has 4 aromatic rings. The van der Waals surface area contributed by atoms with Crippen LogP contribution in [-0.4, -0.2) is 18.1 Å². The Morgan fingerprint density at radius 3 is 1.48 bits per heavy atom. The highest BCUT2D eigenvalue weighted by Crippen LogP contribution is 2.44. The fraction of sp³-hybridized carbons (Fsp3) is 0.324. The molecule has 0 unspecified atom stereocenters. The molecule has 3 heteroatoms. The monoisotopic (exact) mass is 547 g/mol. The molecule has 5 rings (SSSR count). The molecule has 0 aromatic heterocycles. The molecule has 0 spiro atoms. The normalized spacial score (nSPS) is 16.4. The van der Waals surface area contributed by atoms with Gasteiger partial charge in [0.2, 0.25) is 5.91 Å². The van der Waals surface area contributed by atoms with Gasteiger partial charge in [0.15, 0.2) is 0 Å².